The summed E-state index contributed by atoms with van der Waals surface area (Å²) in [5.41, 5.74) is -2.45. The number of carbonyl (C=O) groups is 3. The number of esters is 2. The zero-order valence-electron chi connectivity index (χ0n) is 28.1. The van der Waals surface area contributed by atoms with Gasteiger partial charge in [-0.2, -0.15) is 0 Å². The van der Waals surface area contributed by atoms with Crippen molar-refractivity contribution in [1.29, 1.82) is 0 Å². The standard InChI is InChI=1S/C32H55NO10/c1-13-24-31(8,38)15-17(2)25(35)18(3)16-32(9,39-12)28(20(5)26(36)21(6)29(37)42-24)43-30-27(41-22(7)34)23(33(10)11)14-19(4)40-30/h15,18-21,23-24,26-28,30,36,38H,13-14,16H2,1-12H3/b17-15+/t18-,19-,20+,21-,23+,24-,26+,27-,28-,30+,31+,32-/m1/s1. The molecule has 0 aromatic heterocycles. The van der Waals surface area contributed by atoms with E-state index >= 15 is 0 Å². The molecule has 2 N–H and O–H groups in total. The van der Waals surface area contributed by atoms with Gasteiger partial charge in [-0.05, 0) is 79.6 Å². The van der Waals surface area contributed by atoms with Gasteiger partial charge in [0.25, 0.3) is 0 Å². The zero-order chi connectivity index (χ0) is 33.0. The van der Waals surface area contributed by atoms with Crippen molar-refractivity contribution in [2.24, 2.45) is 17.8 Å². The summed E-state index contributed by atoms with van der Waals surface area (Å²) < 4.78 is 30.4. The van der Waals surface area contributed by atoms with Gasteiger partial charge in [0.1, 0.15) is 11.7 Å². The highest BCUT2D eigenvalue weighted by molar-refractivity contribution is 5.96. The molecule has 0 spiro atoms. The van der Waals surface area contributed by atoms with Crippen molar-refractivity contribution in [2.75, 3.05) is 21.2 Å². The Morgan fingerprint density at radius 2 is 1.77 bits per heavy atom. The number of aliphatic hydroxyl groups excluding tert-OH is 1. The molecule has 2 rings (SSSR count). The summed E-state index contributed by atoms with van der Waals surface area (Å²) >= 11 is 0. The smallest absolute Gasteiger partial charge is 0.311 e. The molecular weight excluding hydrogens is 558 g/mol. The molecule has 0 aromatic rings. The second-order valence-electron chi connectivity index (χ2n) is 13.2. The molecule has 2 aliphatic heterocycles. The Kier molecular flexibility index (Phi) is 12.9. The molecule has 1 fully saturated rings. The largest absolute Gasteiger partial charge is 0.459 e. The van der Waals surface area contributed by atoms with Gasteiger partial charge in [-0.15, -0.1) is 0 Å². The monoisotopic (exact) mass is 613 g/mol. The first kappa shape index (κ1) is 37.3. The van der Waals surface area contributed by atoms with E-state index in [9.17, 15) is 24.6 Å². The molecule has 12 atom stereocenters. The van der Waals surface area contributed by atoms with Gasteiger partial charge in [0.05, 0.1) is 35.9 Å². The highest BCUT2D eigenvalue weighted by Gasteiger charge is 2.50. The van der Waals surface area contributed by atoms with E-state index in [4.69, 9.17) is 23.7 Å². The summed E-state index contributed by atoms with van der Waals surface area (Å²) in [5.74, 6) is -3.71. The Morgan fingerprint density at radius 3 is 2.28 bits per heavy atom. The summed E-state index contributed by atoms with van der Waals surface area (Å²) in [4.78, 5) is 41.0. The lowest BCUT2D eigenvalue weighted by atomic mass is 9.76. The molecule has 0 unspecified atom stereocenters. The fourth-order valence-corrected chi connectivity index (χ4v) is 6.57. The Balaban J connectivity index is 2.67. The van der Waals surface area contributed by atoms with Crippen molar-refractivity contribution in [3.05, 3.63) is 11.6 Å². The molecule has 43 heavy (non-hydrogen) atoms. The Hall–Kier alpha value is -1.89. The summed E-state index contributed by atoms with van der Waals surface area (Å²) in [7, 11) is 5.28. The topological polar surface area (TPSA) is 141 Å². The van der Waals surface area contributed by atoms with E-state index in [1.54, 1.807) is 41.5 Å². The normalized spacial score (nSPS) is 43.4. The van der Waals surface area contributed by atoms with Crippen LogP contribution in [-0.4, -0.2) is 108 Å². The van der Waals surface area contributed by atoms with Crippen LogP contribution in [-0.2, 0) is 38.1 Å². The SMILES string of the molecule is CC[C@H]1OC(=O)[C@H](C)[C@@H](O)[C@H](C)[C@@H](O[C@@H]2O[C@H](C)C[C@H](N(C)C)[C@H]2OC(C)=O)[C@](C)(OC)C[C@@H](C)C(=O)/C(C)=C/[C@]1(C)O. The third-order valence-electron chi connectivity index (χ3n) is 9.14. The van der Waals surface area contributed by atoms with E-state index in [0.29, 0.717) is 18.4 Å². The Morgan fingerprint density at radius 1 is 1.16 bits per heavy atom. The lowest BCUT2D eigenvalue weighted by molar-refractivity contribution is -0.303. The second-order valence-corrected chi connectivity index (χ2v) is 13.2. The molecular formula is C32H55NO10. The molecule has 248 valence electrons. The van der Waals surface area contributed by atoms with Crippen molar-refractivity contribution < 1.29 is 48.3 Å². The third kappa shape index (κ3) is 8.85. The lowest BCUT2D eigenvalue weighted by Crippen LogP contribution is -2.60. The average Bonchev–Trinajstić information content (AvgIpc) is 2.92. The summed E-state index contributed by atoms with van der Waals surface area (Å²) in [6.07, 6.45) is -2.68. The number of nitrogens with zero attached hydrogens (tertiary/aromatic N) is 1. The number of methoxy groups -OCH3 is 1. The minimum atomic E-state index is -1.61. The fraction of sp³-hybridized carbons (Fsp3) is 0.844. The van der Waals surface area contributed by atoms with Gasteiger partial charge < -0.3 is 38.8 Å². The van der Waals surface area contributed by atoms with Gasteiger partial charge in [-0.25, -0.2) is 0 Å². The quantitative estimate of drug-likeness (QED) is 0.427. The number of allylic oxidation sites excluding steroid dienone is 1. The number of aliphatic hydroxyl groups is 2. The molecule has 0 radical (unpaired) electrons. The highest BCUT2D eigenvalue weighted by atomic mass is 16.7. The molecule has 2 aliphatic rings. The Labute approximate surface area is 257 Å². The Bertz CT molecular complexity index is 1010. The van der Waals surface area contributed by atoms with Gasteiger partial charge in [0.2, 0.25) is 0 Å². The van der Waals surface area contributed by atoms with Crippen LogP contribution < -0.4 is 0 Å². The van der Waals surface area contributed by atoms with E-state index in [2.05, 4.69) is 0 Å². The van der Waals surface area contributed by atoms with Crippen LogP contribution >= 0.6 is 0 Å². The predicted octanol–water partition coefficient (Wildman–Crippen LogP) is 3.03. The number of hydrogen-bond acceptors (Lipinski definition) is 11. The second kappa shape index (κ2) is 14.9. The van der Waals surface area contributed by atoms with Crippen LogP contribution in [0.5, 0.6) is 0 Å². The lowest BCUT2D eigenvalue weighted by Gasteiger charge is -2.48. The van der Waals surface area contributed by atoms with Crippen LogP contribution in [0.1, 0.15) is 81.6 Å². The number of ether oxygens (including phenoxy) is 5. The van der Waals surface area contributed by atoms with Gasteiger partial charge >= 0.3 is 11.9 Å². The van der Waals surface area contributed by atoms with Crippen molar-refractivity contribution in [3.8, 4) is 0 Å². The molecule has 11 nitrogen and oxygen atoms in total. The molecule has 0 aliphatic carbocycles. The maximum absolute atomic E-state index is 13.6. The number of rotatable bonds is 6. The van der Waals surface area contributed by atoms with Crippen molar-refractivity contribution >= 4 is 17.7 Å². The molecule has 1 saturated heterocycles. The van der Waals surface area contributed by atoms with Crippen LogP contribution in [0.15, 0.2) is 11.6 Å². The fourth-order valence-electron chi connectivity index (χ4n) is 6.57. The van der Waals surface area contributed by atoms with Gasteiger partial charge in [0.15, 0.2) is 18.2 Å². The molecule has 11 heteroatoms. The van der Waals surface area contributed by atoms with E-state index in [-0.39, 0.29) is 24.3 Å². The average molecular weight is 614 g/mol. The highest BCUT2D eigenvalue weighted by Crippen LogP contribution is 2.38. The maximum Gasteiger partial charge on any atom is 0.311 e. The van der Waals surface area contributed by atoms with Crippen LogP contribution in [0.3, 0.4) is 0 Å². The first-order valence-electron chi connectivity index (χ1n) is 15.3. The van der Waals surface area contributed by atoms with Crippen LogP contribution in [0.2, 0.25) is 0 Å². The van der Waals surface area contributed by atoms with Crippen LogP contribution in [0.4, 0.5) is 0 Å². The number of carbonyl (C=O) groups excluding carboxylic acids is 3. The number of Topliss-reactive ketones (excluding diaryl/α,β-unsaturated/α-hetero) is 1. The number of ketones is 1. The van der Waals surface area contributed by atoms with Crippen LogP contribution in [0.25, 0.3) is 0 Å². The minimum absolute atomic E-state index is 0.186. The molecule has 0 saturated carbocycles. The van der Waals surface area contributed by atoms with Gasteiger partial charge in [0, 0.05) is 25.9 Å². The number of cyclic esters (lactones) is 1. The summed E-state index contributed by atoms with van der Waals surface area (Å²) in [5, 5.41) is 22.8. The molecule has 0 bridgehead atoms. The first-order valence-corrected chi connectivity index (χ1v) is 15.3. The van der Waals surface area contributed by atoms with Crippen molar-refractivity contribution in [1.82, 2.24) is 4.90 Å². The summed E-state index contributed by atoms with van der Waals surface area (Å²) in [6.45, 7) is 15.0. The van der Waals surface area contributed by atoms with Crippen molar-refractivity contribution in [3.63, 3.8) is 0 Å². The van der Waals surface area contributed by atoms with Crippen molar-refractivity contribution in [2.45, 2.75) is 136 Å². The zero-order valence-corrected chi connectivity index (χ0v) is 28.1. The van der Waals surface area contributed by atoms with Gasteiger partial charge in [-0.3, -0.25) is 14.4 Å². The molecule has 0 aromatic carbocycles. The maximum atomic E-state index is 13.6. The molecule has 2 heterocycles. The van der Waals surface area contributed by atoms with E-state index in [0.717, 1.165) is 0 Å². The minimum Gasteiger partial charge on any atom is -0.459 e. The van der Waals surface area contributed by atoms with E-state index in [1.165, 1.54) is 27.0 Å². The third-order valence-corrected chi connectivity index (χ3v) is 9.14. The van der Waals surface area contributed by atoms with E-state index < -0.39 is 71.6 Å². The van der Waals surface area contributed by atoms with Gasteiger partial charge in [-0.1, -0.05) is 20.8 Å². The van der Waals surface area contributed by atoms with E-state index in [1.807, 2.05) is 25.9 Å². The molecule has 0 amide bonds. The predicted molar refractivity (Wildman–Crippen MR) is 160 cm³/mol. The summed E-state index contributed by atoms with van der Waals surface area (Å²) in [6, 6.07) is -0.217. The number of likely N-dealkylation sites (N-methyl/N-ethyl adjacent to an activating group) is 1. The van der Waals surface area contributed by atoms with Crippen LogP contribution in [0, 0.1) is 17.8 Å². The number of hydrogen-bond donors (Lipinski definition) is 2. The first-order chi connectivity index (χ1) is 19.8.